The van der Waals surface area contributed by atoms with Crippen LogP contribution in [0.5, 0.6) is 0 Å². The molecule has 34 heavy (non-hydrogen) atoms. The van der Waals surface area contributed by atoms with Crippen LogP contribution in [-0.2, 0) is 24.1 Å². The molecule has 1 aliphatic heterocycles. The van der Waals surface area contributed by atoms with Gasteiger partial charge in [-0.3, -0.25) is 14.6 Å². The minimum atomic E-state index is -4.45. The molecule has 1 aliphatic rings. The highest BCUT2D eigenvalue weighted by molar-refractivity contribution is 5.94. The molecule has 9 heteroatoms. The van der Waals surface area contributed by atoms with Crippen LogP contribution >= 0.6 is 0 Å². The number of pyridine rings is 1. The van der Waals surface area contributed by atoms with E-state index in [1.54, 1.807) is 34.5 Å². The summed E-state index contributed by atoms with van der Waals surface area (Å²) in [5.41, 5.74) is 0.310. The minimum Gasteiger partial charge on any atom is -0.467 e. The molecule has 0 radical (unpaired) electrons. The maximum Gasteiger partial charge on any atom is 0.416 e. The van der Waals surface area contributed by atoms with Gasteiger partial charge >= 0.3 is 6.18 Å². The third-order valence-electron chi connectivity index (χ3n) is 5.93. The zero-order chi connectivity index (χ0) is 24.1. The number of carbonyl (C=O) groups excluding carboxylic acids is 2. The number of hydrogen-bond donors (Lipinski definition) is 0. The van der Waals surface area contributed by atoms with E-state index in [0.29, 0.717) is 44.8 Å². The van der Waals surface area contributed by atoms with Gasteiger partial charge in [0, 0.05) is 43.5 Å². The lowest BCUT2D eigenvalue weighted by molar-refractivity contribution is -0.138. The number of furan rings is 1. The molecule has 0 spiro atoms. The van der Waals surface area contributed by atoms with Crippen molar-refractivity contribution < 1.29 is 27.2 Å². The first-order chi connectivity index (χ1) is 16.3. The standard InChI is InChI=1S/C25H24F3N3O3/c26-25(27,28)21-7-5-19(6-8-21)23(32)30-12-9-20(10-13-30)24(33)31(17-22-4-2-14-34-22)16-18-3-1-11-29-15-18/h1-8,11,14-15,20H,9-10,12-13,16-17H2. The summed E-state index contributed by atoms with van der Waals surface area (Å²) in [5, 5.41) is 0. The second-order valence-electron chi connectivity index (χ2n) is 8.28. The van der Waals surface area contributed by atoms with Gasteiger partial charge in [-0.15, -0.1) is 0 Å². The van der Waals surface area contributed by atoms with Crippen molar-refractivity contribution in [3.8, 4) is 0 Å². The van der Waals surface area contributed by atoms with E-state index in [9.17, 15) is 22.8 Å². The molecule has 0 saturated carbocycles. The van der Waals surface area contributed by atoms with Crippen LogP contribution in [0, 0.1) is 5.92 Å². The Bertz CT molecular complexity index is 1090. The van der Waals surface area contributed by atoms with Crippen molar-refractivity contribution >= 4 is 11.8 Å². The summed E-state index contributed by atoms with van der Waals surface area (Å²) in [6.45, 7) is 1.43. The topological polar surface area (TPSA) is 66.7 Å². The summed E-state index contributed by atoms with van der Waals surface area (Å²) in [7, 11) is 0. The molecular formula is C25H24F3N3O3. The molecular weight excluding hydrogens is 447 g/mol. The zero-order valence-electron chi connectivity index (χ0n) is 18.4. The number of benzene rings is 1. The van der Waals surface area contributed by atoms with Crippen molar-refractivity contribution in [3.63, 3.8) is 0 Å². The van der Waals surface area contributed by atoms with Crippen molar-refractivity contribution in [2.45, 2.75) is 32.1 Å². The van der Waals surface area contributed by atoms with Gasteiger partial charge in [0.15, 0.2) is 0 Å². The van der Waals surface area contributed by atoms with E-state index in [4.69, 9.17) is 4.42 Å². The van der Waals surface area contributed by atoms with E-state index in [0.717, 1.165) is 17.7 Å². The molecule has 178 valence electrons. The van der Waals surface area contributed by atoms with E-state index < -0.39 is 11.7 Å². The number of carbonyl (C=O) groups is 2. The Balaban J connectivity index is 1.39. The van der Waals surface area contributed by atoms with Crippen LogP contribution in [0.2, 0.25) is 0 Å². The number of alkyl halides is 3. The van der Waals surface area contributed by atoms with E-state index >= 15 is 0 Å². The van der Waals surface area contributed by atoms with E-state index in [2.05, 4.69) is 4.98 Å². The lowest BCUT2D eigenvalue weighted by Gasteiger charge is -2.34. The predicted octanol–water partition coefficient (Wildman–Crippen LogP) is 4.77. The lowest BCUT2D eigenvalue weighted by atomic mass is 9.94. The predicted molar refractivity (Wildman–Crippen MR) is 117 cm³/mol. The Morgan fingerprint density at radius 3 is 2.35 bits per heavy atom. The third-order valence-corrected chi connectivity index (χ3v) is 5.93. The molecule has 0 atom stereocenters. The summed E-state index contributed by atoms with van der Waals surface area (Å²) >= 11 is 0. The molecule has 0 bridgehead atoms. The summed E-state index contributed by atoms with van der Waals surface area (Å²) in [5.74, 6) is 0.0553. The van der Waals surface area contributed by atoms with Crippen LogP contribution in [-0.4, -0.2) is 39.7 Å². The molecule has 1 fully saturated rings. The van der Waals surface area contributed by atoms with Crippen molar-refractivity contribution in [1.29, 1.82) is 0 Å². The fourth-order valence-electron chi connectivity index (χ4n) is 4.09. The normalized spacial score (nSPS) is 14.7. The highest BCUT2D eigenvalue weighted by Crippen LogP contribution is 2.29. The monoisotopic (exact) mass is 471 g/mol. The first-order valence-corrected chi connectivity index (χ1v) is 11.0. The number of likely N-dealkylation sites (tertiary alicyclic amines) is 1. The Labute approximate surface area is 195 Å². The largest absolute Gasteiger partial charge is 0.467 e. The zero-order valence-corrected chi connectivity index (χ0v) is 18.4. The number of halogens is 3. The fraction of sp³-hybridized carbons (Fsp3) is 0.320. The highest BCUT2D eigenvalue weighted by atomic mass is 19.4. The van der Waals surface area contributed by atoms with Crippen molar-refractivity contribution in [3.05, 3.63) is 89.6 Å². The molecule has 3 heterocycles. The van der Waals surface area contributed by atoms with Gasteiger partial charge in [-0.1, -0.05) is 6.07 Å². The molecule has 0 unspecified atom stereocenters. The fourth-order valence-corrected chi connectivity index (χ4v) is 4.09. The van der Waals surface area contributed by atoms with E-state index in [-0.39, 0.29) is 23.3 Å². The van der Waals surface area contributed by atoms with Crippen molar-refractivity contribution in [1.82, 2.24) is 14.8 Å². The van der Waals surface area contributed by atoms with Gasteiger partial charge in [-0.2, -0.15) is 13.2 Å². The molecule has 0 N–H and O–H groups in total. The van der Waals surface area contributed by atoms with E-state index in [1.807, 2.05) is 18.2 Å². The second kappa shape index (κ2) is 10.1. The Kier molecular flexibility index (Phi) is 7.00. The van der Waals surface area contributed by atoms with Gasteiger partial charge in [-0.25, -0.2) is 0 Å². The maximum absolute atomic E-state index is 13.4. The van der Waals surface area contributed by atoms with Gasteiger partial charge in [-0.05, 0) is 60.9 Å². The Hall–Kier alpha value is -3.62. The van der Waals surface area contributed by atoms with Gasteiger partial charge in [0.05, 0.1) is 18.4 Å². The highest BCUT2D eigenvalue weighted by Gasteiger charge is 2.32. The Morgan fingerprint density at radius 1 is 1.03 bits per heavy atom. The van der Waals surface area contributed by atoms with Crippen LogP contribution in [0.1, 0.15) is 40.1 Å². The molecule has 1 saturated heterocycles. The molecule has 6 nitrogen and oxygen atoms in total. The summed E-state index contributed by atoms with van der Waals surface area (Å²) in [6.07, 6.45) is 1.46. The van der Waals surface area contributed by atoms with Gasteiger partial charge in [0.25, 0.3) is 5.91 Å². The third kappa shape index (κ3) is 5.65. The average molecular weight is 471 g/mol. The van der Waals surface area contributed by atoms with Gasteiger partial charge < -0.3 is 14.2 Å². The van der Waals surface area contributed by atoms with Gasteiger partial charge in [0.2, 0.25) is 5.91 Å². The number of hydrogen-bond acceptors (Lipinski definition) is 4. The van der Waals surface area contributed by atoms with Crippen LogP contribution in [0.15, 0.2) is 71.6 Å². The second-order valence-corrected chi connectivity index (χ2v) is 8.28. The quantitative estimate of drug-likeness (QED) is 0.519. The van der Waals surface area contributed by atoms with Crippen LogP contribution < -0.4 is 0 Å². The van der Waals surface area contributed by atoms with Crippen molar-refractivity contribution in [2.24, 2.45) is 5.92 Å². The average Bonchev–Trinajstić information content (AvgIpc) is 3.36. The molecule has 2 aromatic heterocycles. The minimum absolute atomic E-state index is 0.0260. The summed E-state index contributed by atoms with van der Waals surface area (Å²) < 4.78 is 43.8. The first kappa shape index (κ1) is 23.5. The number of nitrogens with zero attached hydrogens (tertiary/aromatic N) is 3. The molecule has 1 aromatic carbocycles. The molecule has 0 aliphatic carbocycles. The first-order valence-electron chi connectivity index (χ1n) is 11.0. The SMILES string of the molecule is O=C(c1ccc(C(F)(F)F)cc1)N1CCC(C(=O)N(Cc2cccnc2)Cc2ccco2)CC1. The smallest absolute Gasteiger partial charge is 0.416 e. The van der Waals surface area contributed by atoms with Crippen LogP contribution in [0.3, 0.4) is 0 Å². The summed E-state index contributed by atoms with van der Waals surface area (Å²) in [4.78, 5) is 33.5. The number of aromatic nitrogens is 1. The Morgan fingerprint density at radius 2 is 1.76 bits per heavy atom. The van der Waals surface area contributed by atoms with Crippen LogP contribution in [0.4, 0.5) is 13.2 Å². The number of rotatable bonds is 6. The number of amides is 2. The lowest BCUT2D eigenvalue weighted by Crippen LogP contribution is -2.44. The van der Waals surface area contributed by atoms with Crippen molar-refractivity contribution in [2.75, 3.05) is 13.1 Å². The molecule has 2 amide bonds. The van der Waals surface area contributed by atoms with E-state index in [1.165, 1.54) is 12.1 Å². The van der Waals surface area contributed by atoms with Gasteiger partial charge in [0.1, 0.15) is 5.76 Å². The maximum atomic E-state index is 13.4. The number of piperidine rings is 1. The summed E-state index contributed by atoms with van der Waals surface area (Å²) in [6, 6.07) is 11.5. The molecule has 3 aromatic rings. The van der Waals surface area contributed by atoms with Crippen LogP contribution in [0.25, 0.3) is 0 Å². The molecule has 4 rings (SSSR count).